The average Bonchev–Trinajstić information content (AvgIpc) is 3.11. The molecule has 7 heteroatoms. The molecule has 2 aromatic rings. The highest BCUT2D eigenvalue weighted by molar-refractivity contribution is 6.10. The highest BCUT2D eigenvalue weighted by Crippen LogP contribution is 2.26. The number of piperidine rings is 1. The Kier molecular flexibility index (Phi) is 6.73. The minimum Gasteiger partial charge on any atom is -0.357 e. The summed E-state index contributed by atoms with van der Waals surface area (Å²) in [6.07, 6.45) is 4.38. The average molecular weight is 462 g/mol. The Bertz CT molecular complexity index is 1120. The number of nitrogens with one attached hydrogen (secondary N) is 1. The molecule has 0 bridgehead atoms. The van der Waals surface area contributed by atoms with Crippen LogP contribution in [0.3, 0.4) is 0 Å². The molecule has 34 heavy (non-hydrogen) atoms. The number of aromatic nitrogens is 2. The number of hydrogen-bond donors (Lipinski definition) is 1. The molecule has 2 aliphatic heterocycles. The van der Waals surface area contributed by atoms with E-state index in [0.29, 0.717) is 17.9 Å². The number of likely N-dealkylation sites (tertiary alicyclic amines) is 1. The molecule has 1 N–H and O–H groups in total. The number of amidine groups is 1. The van der Waals surface area contributed by atoms with Crippen LogP contribution in [0.2, 0.25) is 0 Å². The van der Waals surface area contributed by atoms with E-state index in [1.54, 1.807) is 4.68 Å². The van der Waals surface area contributed by atoms with Gasteiger partial charge in [-0.3, -0.25) is 19.3 Å². The molecule has 1 aromatic carbocycles. The van der Waals surface area contributed by atoms with Crippen molar-refractivity contribution in [1.29, 1.82) is 0 Å². The normalized spacial score (nSPS) is 19.0. The first-order valence-corrected chi connectivity index (χ1v) is 12.1. The van der Waals surface area contributed by atoms with Crippen molar-refractivity contribution in [2.75, 3.05) is 25.0 Å². The predicted octanol–water partition coefficient (Wildman–Crippen LogP) is 4.29. The van der Waals surface area contributed by atoms with Gasteiger partial charge in [-0.05, 0) is 36.7 Å². The highest BCUT2D eigenvalue weighted by atomic mass is 16.1. The molecule has 0 unspecified atom stereocenters. The molecule has 0 spiro atoms. The van der Waals surface area contributed by atoms with E-state index >= 15 is 0 Å². The summed E-state index contributed by atoms with van der Waals surface area (Å²) in [5.41, 5.74) is 3.61. The fourth-order valence-electron chi connectivity index (χ4n) is 4.53. The zero-order valence-electron chi connectivity index (χ0n) is 20.9. The summed E-state index contributed by atoms with van der Waals surface area (Å²) in [5.74, 6) is 1.87. The van der Waals surface area contributed by atoms with Gasteiger partial charge in [0.2, 0.25) is 5.78 Å². The van der Waals surface area contributed by atoms with Gasteiger partial charge in [0.05, 0.1) is 5.70 Å². The number of dihydropyridines is 1. The molecule has 3 heterocycles. The van der Waals surface area contributed by atoms with Crippen molar-refractivity contribution < 1.29 is 9.59 Å². The summed E-state index contributed by atoms with van der Waals surface area (Å²) in [4.78, 5) is 32.1. The van der Waals surface area contributed by atoms with Gasteiger partial charge in [0.1, 0.15) is 12.4 Å². The number of Topliss-reactive ketones (excluding diaryl/α,β-unsaturated/α-hetero) is 2. The van der Waals surface area contributed by atoms with Crippen molar-refractivity contribution in [3.8, 4) is 0 Å². The van der Waals surface area contributed by atoms with Crippen molar-refractivity contribution in [3.05, 3.63) is 58.9 Å². The lowest BCUT2D eigenvalue weighted by atomic mass is 9.85. The minimum absolute atomic E-state index is 0.0468. The van der Waals surface area contributed by atoms with E-state index in [9.17, 15) is 9.59 Å². The zero-order chi connectivity index (χ0) is 24.5. The number of benzene rings is 1. The second-order valence-corrected chi connectivity index (χ2v) is 10.5. The number of anilines is 1. The second-order valence-electron chi connectivity index (χ2n) is 10.5. The van der Waals surface area contributed by atoms with Crippen LogP contribution in [0, 0.1) is 12.8 Å². The number of ketones is 2. The Hall–Kier alpha value is -3.22. The monoisotopic (exact) mass is 461 g/mol. The molecule has 180 valence electrons. The van der Waals surface area contributed by atoms with Crippen molar-refractivity contribution in [2.24, 2.45) is 18.0 Å². The maximum atomic E-state index is 13.0. The lowest BCUT2D eigenvalue weighted by molar-refractivity contribution is -0.114. The molecular formula is C27H35N5O2. The van der Waals surface area contributed by atoms with E-state index in [1.165, 1.54) is 5.56 Å². The third-order valence-corrected chi connectivity index (χ3v) is 6.72. The molecule has 4 rings (SSSR count). The molecule has 1 aromatic heterocycles. The van der Waals surface area contributed by atoms with E-state index in [0.717, 1.165) is 43.0 Å². The van der Waals surface area contributed by atoms with Gasteiger partial charge in [0.25, 0.3) is 0 Å². The summed E-state index contributed by atoms with van der Waals surface area (Å²) >= 11 is 0. The maximum Gasteiger partial charge on any atom is 0.200 e. The zero-order valence-corrected chi connectivity index (χ0v) is 20.9. The first kappa shape index (κ1) is 23.9. The van der Waals surface area contributed by atoms with Crippen LogP contribution >= 0.6 is 0 Å². The Labute approximate surface area is 201 Å². The van der Waals surface area contributed by atoms with Crippen LogP contribution in [0.1, 0.15) is 61.6 Å². The first-order valence-electron chi connectivity index (χ1n) is 12.1. The van der Waals surface area contributed by atoms with Gasteiger partial charge < -0.3 is 10.2 Å². The topological polar surface area (TPSA) is 79.6 Å². The standard InChI is InChI=1S/C27H35N5O2/c1-18-13-25(30-31(18)5)29-22-15-26(28-16-24(22)34)32-12-6-7-19(17-32)14-23(33)20-8-10-21(11-9-20)27(2,3)4/h8-11,13,15,19H,6-7,12,14,16-17H2,1-5H3,(H,29,30)/t19-/m1/s1. The van der Waals surface area contributed by atoms with E-state index in [2.05, 4.69) is 53.2 Å². The predicted molar refractivity (Wildman–Crippen MR) is 135 cm³/mol. The van der Waals surface area contributed by atoms with Crippen LogP contribution in [0.4, 0.5) is 5.82 Å². The molecule has 1 atom stereocenters. The smallest absolute Gasteiger partial charge is 0.200 e. The molecule has 1 fully saturated rings. The van der Waals surface area contributed by atoms with Gasteiger partial charge in [-0.1, -0.05) is 45.0 Å². The maximum absolute atomic E-state index is 13.0. The fourth-order valence-corrected chi connectivity index (χ4v) is 4.53. The van der Waals surface area contributed by atoms with Gasteiger partial charge in [-0.25, -0.2) is 0 Å². The van der Waals surface area contributed by atoms with Crippen LogP contribution in [0.25, 0.3) is 0 Å². The number of aliphatic imine (C=N–C) groups is 1. The van der Waals surface area contributed by atoms with Crippen molar-refractivity contribution >= 4 is 23.2 Å². The van der Waals surface area contributed by atoms with Gasteiger partial charge in [-0.2, -0.15) is 5.10 Å². The number of aryl methyl sites for hydroxylation is 2. The lowest BCUT2D eigenvalue weighted by Crippen LogP contribution is -2.41. The van der Waals surface area contributed by atoms with Crippen LogP contribution in [0.15, 0.2) is 47.1 Å². The summed E-state index contributed by atoms with van der Waals surface area (Å²) < 4.78 is 1.77. The number of carbonyl (C=O) groups is 2. The largest absolute Gasteiger partial charge is 0.357 e. The molecule has 7 nitrogen and oxygen atoms in total. The van der Waals surface area contributed by atoms with Gasteiger partial charge >= 0.3 is 0 Å². The van der Waals surface area contributed by atoms with Crippen LogP contribution in [-0.4, -0.2) is 51.7 Å². The number of nitrogens with zero attached hydrogens (tertiary/aromatic N) is 4. The minimum atomic E-state index is -0.0468. The lowest BCUT2D eigenvalue weighted by Gasteiger charge is -2.35. The summed E-state index contributed by atoms with van der Waals surface area (Å²) in [6.45, 7) is 10.3. The Balaban J connectivity index is 1.40. The van der Waals surface area contributed by atoms with Crippen LogP contribution < -0.4 is 5.32 Å². The summed E-state index contributed by atoms with van der Waals surface area (Å²) in [7, 11) is 1.87. The SMILES string of the molecule is Cc1cc(NC2=CC(N3CCC[C@H](CC(=O)c4ccc(C(C)(C)C)cc4)C3)=NCC2=O)nn1C. The van der Waals surface area contributed by atoms with Gasteiger partial charge in [0, 0.05) is 50.0 Å². The summed E-state index contributed by atoms with van der Waals surface area (Å²) in [5, 5.41) is 7.55. The van der Waals surface area contributed by atoms with Crippen LogP contribution in [-0.2, 0) is 17.3 Å². The molecule has 0 radical (unpaired) electrons. The van der Waals surface area contributed by atoms with Crippen molar-refractivity contribution in [2.45, 2.75) is 52.4 Å². The Morgan fingerprint density at radius 1 is 1.21 bits per heavy atom. The Morgan fingerprint density at radius 3 is 2.59 bits per heavy atom. The van der Waals surface area contributed by atoms with E-state index < -0.39 is 0 Å². The second kappa shape index (κ2) is 9.57. The van der Waals surface area contributed by atoms with Gasteiger partial charge in [-0.15, -0.1) is 0 Å². The Morgan fingerprint density at radius 2 is 1.94 bits per heavy atom. The van der Waals surface area contributed by atoms with E-state index in [1.807, 2.05) is 38.2 Å². The molecular weight excluding hydrogens is 426 g/mol. The fraction of sp³-hybridized carbons (Fsp3) is 0.481. The molecule has 2 aliphatic rings. The van der Waals surface area contributed by atoms with Crippen LogP contribution in [0.5, 0.6) is 0 Å². The molecule has 0 saturated carbocycles. The number of carbonyl (C=O) groups excluding carboxylic acids is 2. The third kappa shape index (κ3) is 5.46. The third-order valence-electron chi connectivity index (χ3n) is 6.72. The number of hydrogen-bond acceptors (Lipinski definition) is 6. The van der Waals surface area contributed by atoms with E-state index in [-0.39, 0.29) is 29.4 Å². The van der Waals surface area contributed by atoms with E-state index in [4.69, 9.17) is 0 Å². The molecule has 0 aliphatic carbocycles. The number of rotatable bonds is 5. The van der Waals surface area contributed by atoms with Crippen molar-refractivity contribution in [1.82, 2.24) is 14.7 Å². The van der Waals surface area contributed by atoms with Crippen molar-refractivity contribution in [3.63, 3.8) is 0 Å². The molecule has 1 saturated heterocycles. The summed E-state index contributed by atoms with van der Waals surface area (Å²) in [6, 6.07) is 9.96. The quantitative estimate of drug-likeness (QED) is 0.672. The molecule has 0 amide bonds. The first-order chi connectivity index (χ1) is 16.1. The van der Waals surface area contributed by atoms with Gasteiger partial charge in [0.15, 0.2) is 11.6 Å². The highest BCUT2D eigenvalue weighted by Gasteiger charge is 2.27.